The summed E-state index contributed by atoms with van der Waals surface area (Å²) in [5.41, 5.74) is 2.61. The van der Waals surface area contributed by atoms with Gasteiger partial charge in [0, 0.05) is 41.6 Å². The predicted molar refractivity (Wildman–Crippen MR) is 96.0 cm³/mol. The van der Waals surface area contributed by atoms with E-state index in [4.69, 9.17) is 0 Å². The molecule has 2 aromatic rings. The maximum atomic E-state index is 12.5. The van der Waals surface area contributed by atoms with E-state index < -0.39 is 0 Å². The first-order chi connectivity index (χ1) is 12.2. The zero-order chi connectivity index (χ0) is 17.2. The molecule has 1 N–H and O–H groups in total. The molecule has 1 aliphatic heterocycles. The fraction of sp³-hybridized carbons (Fsp3) is 0.444. The molecular formula is C18H20N4O2S. The van der Waals surface area contributed by atoms with Crippen molar-refractivity contribution in [1.82, 2.24) is 14.5 Å². The van der Waals surface area contributed by atoms with Crippen LogP contribution in [-0.4, -0.2) is 39.4 Å². The molecule has 25 heavy (non-hydrogen) atoms. The summed E-state index contributed by atoms with van der Waals surface area (Å²) in [5, 5.41) is 8.92. The number of aromatic nitrogens is 2. The van der Waals surface area contributed by atoms with Gasteiger partial charge in [-0.2, -0.15) is 0 Å². The molecule has 1 saturated carbocycles. The molecule has 0 radical (unpaired) electrons. The minimum atomic E-state index is -0.0225. The van der Waals surface area contributed by atoms with Crippen LogP contribution in [0.15, 0.2) is 29.6 Å². The Labute approximate surface area is 150 Å². The van der Waals surface area contributed by atoms with Crippen molar-refractivity contribution < 1.29 is 9.59 Å². The van der Waals surface area contributed by atoms with Gasteiger partial charge in [0.2, 0.25) is 11.8 Å². The first-order valence-corrected chi connectivity index (χ1v) is 9.51. The third-order valence-corrected chi connectivity index (χ3v) is 5.42. The summed E-state index contributed by atoms with van der Waals surface area (Å²) in [4.78, 5) is 26.5. The number of amides is 2. The molecule has 1 aromatic heterocycles. The topological polar surface area (TPSA) is 75.2 Å². The molecule has 2 aliphatic rings. The summed E-state index contributed by atoms with van der Waals surface area (Å²) in [6, 6.07) is 7.64. The Morgan fingerprint density at radius 1 is 1.04 bits per heavy atom. The smallest absolute Gasteiger partial charge is 0.227 e. The number of hydrogen-bond donors (Lipinski definition) is 1. The van der Waals surface area contributed by atoms with Crippen LogP contribution in [0.1, 0.15) is 25.7 Å². The summed E-state index contributed by atoms with van der Waals surface area (Å²) in [7, 11) is 0. The van der Waals surface area contributed by atoms with Gasteiger partial charge in [-0.1, -0.05) is 16.6 Å². The predicted octanol–water partition coefficient (Wildman–Crippen LogP) is 2.79. The van der Waals surface area contributed by atoms with Gasteiger partial charge in [0.05, 0.1) is 0 Å². The monoisotopic (exact) mass is 356 g/mol. The number of anilines is 1. The number of nitrogens with zero attached hydrogens (tertiary/aromatic N) is 3. The third-order valence-electron chi connectivity index (χ3n) is 4.91. The van der Waals surface area contributed by atoms with E-state index in [0.717, 1.165) is 42.6 Å². The molecule has 4 rings (SSSR count). The average Bonchev–Trinajstić information content (AvgIpc) is 3.36. The molecule has 0 bridgehead atoms. The van der Waals surface area contributed by atoms with Crippen molar-refractivity contribution in [3.63, 3.8) is 0 Å². The number of piperidine rings is 1. The second kappa shape index (κ2) is 6.92. The normalized spacial score (nSPS) is 18.2. The van der Waals surface area contributed by atoms with Gasteiger partial charge in [0.15, 0.2) is 0 Å². The molecule has 130 valence electrons. The van der Waals surface area contributed by atoms with Crippen LogP contribution in [-0.2, 0) is 9.59 Å². The molecule has 0 unspecified atom stereocenters. The minimum absolute atomic E-state index is 0.0225. The van der Waals surface area contributed by atoms with Gasteiger partial charge in [-0.15, -0.1) is 5.10 Å². The molecule has 2 fully saturated rings. The van der Waals surface area contributed by atoms with Crippen LogP contribution in [0.2, 0.25) is 0 Å². The highest BCUT2D eigenvalue weighted by atomic mass is 32.1. The minimum Gasteiger partial charge on any atom is -0.342 e. The second-order valence-corrected chi connectivity index (χ2v) is 7.34. The summed E-state index contributed by atoms with van der Waals surface area (Å²) in [6.07, 6.45) is 3.55. The van der Waals surface area contributed by atoms with Crippen molar-refractivity contribution in [3.05, 3.63) is 29.6 Å². The van der Waals surface area contributed by atoms with Crippen LogP contribution in [0.5, 0.6) is 0 Å². The van der Waals surface area contributed by atoms with Gasteiger partial charge < -0.3 is 10.2 Å². The van der Waals surface area contributed by atoms with Crippen molar-refractivity contribution in [1.29, 1.82) is 0 Å². The van der Waals surface area contributed by atoms with Crippen molar-refractivity contribution in [2.45, 2.75) is 25.7 Å². The molecule has 0 spiro atoms. The van der Waals surface area contributed by atoms with Crippen molar-refractivity contribution in [2.75, 3.05) is 18.4 Å². The molecule has 2 amide bonds. The summed E-state index contributed by atoms with van der Waals surface area (Å²) in [5.74, 6) is 0.565. The lowest BCUT2D eigenvalue weighted by Gasteiger charge is -2.31. The van der Waals surface area contributed by atoms with E-state index in [2.05, 4.69) is 14.9 Å². The Hall–Kier alpha value is -2.28. The molecule has 0 atom stereocenters. The SMILES string of the molecule is O=C(Nc1ccc(-c2csnn2)cc1)C1CCN(C(=O)C2CC2)CC1. The van der Waals surface area contributed by atoms with Gasteiger partial charge in [-0.25, -0.2) is 0 Å². The van der Waals surface area contributed by atoms with E-state index in [1.165, 1.54) is 11.5 Å². The molecule has 1 aromatic carbocycles. The van der Waals surface area contributed by atoms with E-state index in [1.807, 2.05) is 34.5 Å². The number of hydrogen-bond acceptors (Lipinski definition) is 5. The molecule has 1 aliphatic carbocycles. The van der Waals surface area contributed by atoms with Crippen molar-refractivity contribution >= 4 is 29.0 Å². The first kappa shape index (κ1) is 16.2. The lowest BCUT2D eigenvalue weighted by atomic mass is 9.95. The number of benzene rings is 1. The van der Waals surface area contributed by atoms with Crippen LogP contribution >= 0.6 is 11.5 Å². The van der Waals surface area contributed by atoms with Crippen molar-refractivity contribution in [3.8, 4) is 11.3 Å². The summed E-state index contributed by atoms with van der Waals surface area (Å²) >= 11 is 1.32. The zero-order valence-corrected chi connectivity index (χ0v) is 14.7. The van der Waals surface area contributed by atoms with E-state index in [0.29, 0.717) is 13.1 Å². The Morgan fingerprint density at radius 3 is 2.36 bits per heavy atom. The fourth-order valence-corrected chi connectivity index (χ4v) is 3.67. The Balaban J connectivity index is 1.31. The van der Waals surface area contributed by atoms with Crippen LogP contribution in [0, 0.1) is 11.8 Å². The average molecular weight is 356 g/mol. The number of likely N-dealkylation sites (tertiary alicyclic amines) is 1. The second-order valence-electron chi connectivity index (χ2n) is 6.73. The molecule has 7 heteroatoms. The van der Waals surface area contributed by atoms with Crippen LogP contribution in [0.25, 0.3) is 11.3 Å². The Bertz CT molecular complexity index is 748. The van der Waals surface area contributed by atoms with E-state index >= 15 is 0 Å². The largest absolute Gasteiger partial charge is 0.342 e. The maximum absolute atomic E-state index is 12.5. The molecule has 2 heterocycles. The third kappa shape index (κ3) is 3.71. The van der Waals surface area contributed by atoms with Gasteiger partial charge in [-0.05, 0) is 49.3 Å². The van der Waals surface area contributed by atoms with E-state index in [1.54, 1.807) is 0 Å². The van der Waals surface area contributed by atoms with Crippen LogP contribution in [0.4, 0.5) is 5.69 Å². The Kier molecular flexibility index (Phi) is 4.48. The van der Waals surface area contributed by atoms with Gasteiger partial charge in [0.1, 0.15) is 5.69 Å². The van der Waals surface area contributed by atoms with Crippen LogP contribution < -0.4 is 5.32 Å². The summed E-state index contributed by atoms with van der Waals surface area (Å²) in [6.45, 7) is 1.40. The van der Waals surface area contributed by atoms with Gasteiger partial charge in [-0.3, -0.25) is 9.59 Å². The van der Waals surface area contributed by atoms with Gasteiger partial charge in [0.25, 0.3) is 0 Å². The van der Waals surface area contributed by atoms with Crippen LogP contribution in [0.3, 0.4) is 0 Å². The zero-order valence-electron chi connectivity index (χ0n) is 13.9. The number of carbonyl (C=O) groups is 2. The van der Waals surface area contributed by atoms with Gasteiger partial charge >= 0.3 is 0 Å². The highest BCUT2D eigenvalue weighted by molar-refractivity contribution is 7.03. The standard InChI is InChI=1S/C18H20N4O2S/c23-17(13-7-9-22(10-8-13)18(24)14-1-2-14)19-15-5-3-12(4-6-15)16-11-25-21-20-16/h3-6,11,13-14H,1-2,7-10H2,(H,19,23). The molecular weight excluding hydrogens is 336 g/mol. The molecule has 1 saturated heterocycles. The maximum Gasteiger partial charge on any atom is 0.227 e. The quantitative estimate of drug-likeness (QED) is 0.914. The number of rotatable bonds is 4. The molecule has 6 nitrogen and oxygen atoms in total. The van der Waals surface area contributed by atoms with E-state index in [-0.39, 0.29) is 23.7 Å². The summed E-state index contributed by atoms with van der Waals surface area (Å²) < 4.78 is 3.86. The highest BCUT2D eigenvalue weighted by Gasteiger charge is 2.35. The highest BCUT2D eigenvalue weighted by Crippen LogP contribution is 2.32. The van der Waals surface area contributed by atoms with E-state index in [9.17, 15) is 9.59 Å². The Morgan fingerprint density at radius 2 is 1.76 bits per heavy atom. The fourth-order valence-electron chi connectivity index (χ4n) is 3.21. The first-order valence-electron chi connectivity index (χ1n) is 8.68. The van der Waals surface area contributed by atoms with Crippen molar-refractivity contribution in [2.24, 2.45) is 11.8 Å². The lowest BCUT2D eigenvalue weighted by molar-refractivity contribution is -0.135. The lowest BCUT2D eigenvalue weighted by Crippen LogP contribution is -2.42. The number of carbonyl (C=O) groups excluding carboxylic acids is 2. The number of nitrogens with one attached hydrogen (secondary N) is 1.